The molecule has 0 fully saturated rings. The number of carbonyl (C=O) groups excluding carboxylic acids is 3. The maximum Gasteiger partial charge on any atom is 0.264 e. The summed E-state index contributed by atoms with van der Waals surface area (Å²) >= 11 is 14.3. The number of nitrogens with one attached hydrogen (secondary N) is 4. The van der Waals surface area contributed by atoms with Crippen molar-refractivity contribution < 1.29 is 19.1 Å². The number of aryl methyl sites for hydroxylation is 1. The van der Waals surface area contributed by atoms with Gasteiger partial charge < -0.3 is 10.1 Å². The lowest BCUT2D eigenvalue weighted by molar-refractivity contribution is -0.125. The molecule has 0 aliphatic heterocycles. The summed E-state index contributed by atoms with van der Waals surface area (Å²) in [5, 5.41) is 5.29. The van der Waals surface area contributed by atoms with Gasteiger partial charge in [-0.1, -0.05) is 29.8 Å². The molecular formula is C20H20BrClN4O4S. The lowest BCUT2D eigenvalue weighted by Crippen LogP contribution is -2.49. The van der Waals surface area contributed by atoms with Crippen molar-refractivity contribution in [1.82, 2.24) is 16.2 Å². The molecule has 2 rings (SSSR count). The van der Waals surface area contributed by atoms with Gasteiger partial charge in [0.05, 0.1) is 15.2 Å². The Morgan fingerprint density at radius 3 is 2.45 bits per heavy atom. The van der Waals surface area contributed by atoms with E-state index in [1.54, 1.807) is 30.3 Å². The number of amides is 3. The molecule has 0 atom stereocenters. The Bertz CT molecular complexity index is 989. The Balaban J connectivity index is 1.64. The molecular weight excluding hydrogens is 508 g/mol. The Morgan fingerprint density at radius 1 is 1.03 bits per heavy atom. The Morgan fingerprint density at radius 2 is 1.74 bits per heavy atom. The molecule has 0 bridgehead atoms. The molecule has 164 valence electrons. The second kappa shape index (κ2) is 12.2. The van der Waals surface area contributed by atoms with E-state index < -0.39 is 11.8 Å². The van der Waals surface area contributed by atoms with E-state index in [1.807, 2.05) is 19.1 Å². The quantitative estimate of drug-likeness (QED) is 0.325. The van der Waals surface area contributed by atoms with Crippen LogP contribution in [0.2, 0.25) is 5.02 Å². The van der Waals surface area contributed by atoms with Crippen molar-refractivity contribution in [2.45, 2.75) is 19.8 Å². The van der Waals surface area contributed by atoms with Gasteiger partial charge in [0.15, 0.2) is 11.7 Å². The van der Waals surface area contributed by atoms with Gasteiger partial charge in [0.25, 0.3) is 5.91 Å². The van der Waals surface area contributed by atoms with Crippen molar-refractivity contribution >= 4 is 68.3 Å². The third kappa shape index (κ3) is 8.91. The molecule has 0 spiro atoms. The molecule has 0 aliphatic carbocycles. The van der Waals surface area contributed by atoms with Crippen LogP contribution < -0.4 is 26.2 Å². The van der Waals surface area contributed by atoms with Crippen LogP contribution >= 0.6 is 39.7 Å². The van der Waals surface area contributed by atoms with Crippen molar-refractivity contribution in [3.8, 4) is 5.75 Å². The predicted octanol–water partition coefficient (Wildman–Crippen LogP) is 3.23. The number of halogens is 2. The first-order valence-corrected chi connectivity index (χ1v) is 10.6. The van der Waals surface area contributed by atoms with Crippen LogP contribution in [0.3, 0.4) is 0 Å². The summed E-state index contributed by atoms with van der Waals surface area (Å²) in [6, 6.07) is 12.2. The zero-order valence-corrected chi connectivity index (χ0v) is 19.6. The third-order valence-corrected chi connectivity index (χ3v) is 4.90. The Kier molecular flexibility index (Phi) is 9.70. The van der Waals surface area contributed by atoms with Gasteiger partial charge >= 0.3 is 0 Å². The van der Waals surface area contributed by atoms with Crippen LogP contribution in [-0.4, -0.2) is 29.4 Å². The fourth-order valence-electron chi connectivity index (χ4n) is 2.25. The zero-order valence-electron chi connectivity index (χ0n) is 16.5. The van der Waals surface area contributed by atoms with E-state index in [9.17, 15) is 14.4 Å². The second-order valence-electron chi connectivity index (χ2n) is 6.30. The molecule has 8 nitrogen and oxygen atoms in total. The predicted molar refractivity (Wildman–Crippen MR) is 126 cm³/mol. The molecule has 0 radical (unpaired) electrons. The summed E-state index contributed by atoms with van der Waals surface area (Å²) in [5.74, 6) is -0.828. The van der Waals surface area contributed by atoms with Crippen LogP contribution in [0.5, 0.6) is 5.75 Å². The van der Waals surface area contributed by atoms with Gasteiger partial charge in [0.1, 0.15) is 5.75 Å². The van der Waals surface area contributed by atoms with Gasteiger partial charge in [-0.3, -0.25) is 30.6 Å². The molecule has 0 aliphatic rings. The average molecular weight is 528 g/mol. The minimum absolute atomic E-state index is 0.0584. The van der Waals surface area contributed by atoms with Gasteiger partial charge in [-0.2, -0.15) is 0 Å². The lowest BCUT2D eigenvalue weighted by atomic mass is 10.2. The molecule has 31 heavy (non-hydrogen) atoms. The van der Waals surface area contributed by atoms with Gasteiger partial charge in [0.2, 0.25) is 11.8 Å². The highest BCUT2D eigenvalue weighted by Crippen LogP contribution is 2.25. The van der Waals surface area contributed by atoms with E-state index in [0.717, 1.165) is 10.0 Å². The topological polar surface area (TPSA) is 109 Å². The van der Waals surface area contributed by atoms with Crippen LogP contribution in [-0.2, 0) is 14.4 Å². The van der Waals surface area contributed by atoms with E-state index in [0.29, 0.717) is 16.5 Å². The van der Waals surface area contributed by atoms with Gasteiger partial charge in [-0.05, 0) is 64.9 Å². The SMILES string of the molecule is Cc1ccc(OCC(=O)NC(=S)NNC(=O)CCC(=O)Nc2ccccc2Cl)c(Br)c1. The number of anilines is 1. The van der Waals surface area contributed by atoms with Gasteiger partial charge in [0, 0.05) is 12.8 Å². The van der Waals surface area contributed by atoms with Crippen molar-refractivity contribution in [2.24, 2.45) is 0 Å². The van der Waals surface area contributed by atoms with E-state index in [2.05, 4.69) is 37.4 Å². The molecule has 2 aromatic carbocycles. The Hall–Kier alpha value is -2.69. The summed E-state index contributed by atoms with van der Waals surface area (Å²) in [4.78, 5) is 35.7. The summed E-state index contributed by atoms with van der Waals surface area (Å²) in [6.45, 7) is 1.67. The fraction of sp³-hybridized carbons (Fsp3) is 0.200. The number of para-hydroxylation sites is 1. The minimum atomic E-state index is -0.502. The normalized spacial score (nSPS) is 10.0. The van der Waals surface area contributed by atoms with Crippen molar-refractivity contribution in [2.75, 3.05) is 11.9 Å². The molecule has 0 aromatic heterocycles. The molecule has 4 N–H and O–H groups in total. The monoisotopic (exact) mass is 526 g/mol. The number of thiocarbonyl (C=S) groups is 1. The maximum absolute atomic E-state index is 11.9. The van der Waals surface area contributed by atoms with Crippen LogP contribution in [0.25, 0.3) is 0 Å². The maximum atomic E-state index is 11.9. The number of carbonyl (C=O) groups is 3. The first-order chi connectivity index (χ1) is 14.7. The van der Waals surface area contributed by atoms with Crippen LogP contribution in [0, 0.1) is 6.92 Å². The summed E-state index contributed by atoms with van der Waals surface area (Å²) in [6.07, 6.45) is -0.151. The molecule has 0 heterocycles. The van der Waals surface area contributed by atoms with Crippen molar-refractivity contribution in [3.05, 3.63) is 57.5 Å². The summed E-state index contributed by atoms with van der Waals surface area (Å²) < 4.78 is 6.14. The van der Waals surface area contributed by atoms with Crippen LogP contribution in [0.15, 0.2) is 46.9 Å². The van der Waals surface area contributed by atoms with E-state index in [4.69, 9.17) is 28.6 Å². The van der Waals surface area contributed by atoms with Crippen molar-refractivity contribution in [1.29, 1.82) is 0 Å². The number of hydrogen-bond acceptors (Lipinski definition) is 5. The number of ether oxygens (including phenoxy) is 1. The van der Waals surface area contributed by atoms with Crippen LogP contribution in [0.4, 0.5) is 5.69 Å². The molecule has 11 heteroatoms. The van der Waals surface area contributed by atoms with E-state index in [1.165, 1.54) is 0 Å². The average Bonchev–Trinajstić information content (AvgIpc) is 2.72. The highest BCUT2D eigenvalue weighted by Gasteiger charge is 2.11. The minimum Gasteiger partial charge on any atom is -0.483 e. The molecule has 0 unspecified atom stereocenters. The summed E-state index contributed by atoms with van der Waals surface area (Å²) in [5.41, 5.74) is 6.22. The van der Waals surface area contributed by atoms with Crippen LogP contribution in [0.1, 0.15) is 18.4 Å². The molecule has 2 aromatic rings. The van der Waals surface area contributed by atoms with Gasteiger partial charge in [-0.15, -0.1) is 0 Å². The highest BCUT2D eigenvalue weighted by atomic mass is 79.9. The zero-order chi connectivity index (χ0) is 22.8. The smallest absolute Gasteiger partial charge is 0.264 e. The third-order valence-electron chi connectivity index (χ3n) is 3.74. The van der Waals surface area contributed by atoms with Gasteiger partial charge in [-0.25, -0.2) is 0 Å². The first kappa shape index (κ1) is 24.6. The first-order valence-electron chi connectivity index (χ1n) is 9.06. The fourth-order valence-corrected chi connectivity index (χ4v) is 3.21. The lowest BCUT2D eigenvalue weighted by Gasteiger charge is -2.12. The molecule has 0 saturated carbocycles. The largest absolute Gasteiger partial charge is 0.483 e. The Labute approximate surface area is 198 Å². The standard InChI is InChI=1S/C20H20BrClN4O4S/c1-12-6-7-16(13(21)10-12)30-11-19(29)24-20(31)26-25-18(28)9-8-17(27)23-15-5-3-2-4-14(15)22/h2-7,10H,8-9,11H2,1H3,(H,23,27)(H,25,28)(H2,24,26,29,31). The van der Waals surface area contributed by atoms with E-state index in [-0.39, 0.29) is 30.5 Å². The van der Waals surface area contributed by atoms with Crippen molar-refractivity contribution in [3.63, 3.8) is 0 Å². The molecule has 3 amide bonds. The second-order valence-corrected chi connectivity index (χ2v) is 7.97. The van der Waals surface area contributed by atoms with E-state index >= 15 is 0 Å². The number of benzene rings is 2. The highest BCUT2D eigenvalue weighted by molar-refractivity contribution is 9.10. The number of hydrogen-bond donors (Lipinski definition) is 4. The summed E-state index contributed by atoms with van der Waals surface area (Å²) in [7, 11) is 0. The number of hydrazine groups is 1. The number of rotatable bonds is 7. The molecule has 0 saturated heterocycles.